The van der Waals surface area contributed by atoms with Crippen molar-refractivity contribution in [2.75, 3.05) is 34.4 Å². The van der Waals surface area contributed by atoms with E-state index in [2.05, 4.69) is 4.98 Å². The Bertz CT molecular complexity index is 896. The summed E-state index contributed by atoms with van der Waals surface area (Å²) >= 11 is 0. The van der Waals surface area contributed by atoms with E-state index in [0.29, 0.717) is 35.7 Å². The summed E-state index contributed by atoms with van der Waals surface area (Å²) in [5.41, 5.74) is 1.92. The van der Waals surface area contributed by atoms with E-state index in [9.17, 15) is 9.59 Å². The van der Waals surface area contributed by atoms with E-state index in [-0.39, 0.29) is 11.8 Å². The quantitative estimate of drug-likeness (QED) is 0.750. The van der Waals surface area contributed by atoms with E-state index in [1.165, 1.54) is 7.11 Å². The second-order valence-corrected chi connectivity index (χ2v) is 6.93. The zero-order chi connectivity index (χ0) is 21.1. The van der Waals surface area contributed by atoms with Crippen LogP contribution in [0.25, 0.3) is 0 Å². The van der Waals surface area contributed by atoms with Crippen LogP contribution in [-0.2, 0) is 4.79 Å². The Kier molecular flexibility index (Phi) is 6.06. The van der Waals surface area contributed by atoms with Crippen molar-refractivity contribution in [2.24, 2.45) is 0 Å². The zero-order valence-corrected chi connectivity index (χ0v) is 17.5. The average Bonchev–Trinajstić information content (AvgIpc) is 2.76. The van der Waals surface area contributed by atoms with Crippen molar-refractivity contribution in [1.82, 2.24) is 14.8 Å². The van der Waals surface area contributed by atoms with Crippen molar-refractivity contribution in [1.29, 1.82) is 0 Å². The Morgan fingerprint density at radius 2 is 1.83 bits per heavy atom. The number of fused-ring (bicyclic) bond motifs is 1. The van der Waals surface area contributed by atoms with Gasteiger partial charge in [0.15, 0.2) is 11.5 Å². The predicted octanol–water partition coefficient (Wildman–Crippen LogP) is 2.88. The summed E-state index contributed by atoms with van der Waals surface area (Å²) in [6.07, 6.45) is 3.39. The lowest BCUT2D eigenvalue weighted by atomic mass is 9.79. The van der Waals surface area contributed by atoms with Crippen LogP contribution in [0, 0.1) is 0 Å². The first-order valence-electron chi connectivity index (χ1n) is 9.70. The Morgan fingerprint density at radius 1 is 1.17 bits per heavy atom. The highest BCUT2D eigenvalue weighted by Gasteiger charge is 2.44. The Balaban J connectivity index is 2.26. The average molecular weight is 397 g/mol. The fraction of sp³-hybridized carbons (Fsp3) is 0.409. The van der Waals surface area contributed by atoms with Gasteiger partial charge in [0, 0.05) is 38.1 Å². The van der Waals surface area contributed by atoms with Crippen LogP contribution in [0.15, 0.2) is 36.7 Å². The molecular formula is C22H27N3O4. The van der Waals surface area contributed by atoms with Gasteiger partial charge in [-0.1, -0.05) is 6.07 Å². The molecular weight excluding hydrogens is 370 g/mol. The molecule has 0 radical (unpaired) electrons. The maximum Gasteiger partial charge on any atom is 0.254 e. The summed E-state index contributed by atoms with van der Waals surface area (Å²) < 4.78 is 10.8. The third-order valence-electron chi connectivity index (χ3n) is 5.54. The lowest BCUT2D eigenvalue weighted by Gasteiger charge is -2.41. The molecule has 2 aromatic rings. The summed E-state index contributed by atoms with van der Waals surface area (Å²) in [4.78, 5) is 34.5. The van der Waals surface area contributed by atoms with Crippen LogP contribution in [0.4, 0.5) is 0 Å². The summed E-state index contributed by atoms with van der Waals surface area (Å²) in [5, 5.41) is 0. The highest BCUT2D eigenvalue weighted by Crippen LogP contribution is 2.46. The van der Waals surface area contributed by atoms with Crippen LogP contribution >= 0.6 is 0 Å². The number of carbonyl (C=O) groups is 2. The standard InChI is InChI=1S/C22H27N3O4/c1-6-25(7-2)22(27)19-15-11-17(28-4)18(29-5)12-16(15)21(26)24(3)20(19)14-9-8-10-23-13-14/h8-13,19-20H,6-7H2,1-5H3. The summed E-state index contributed by atoms with van der Waals surface area (Å²) in [5.74, 6) is 0.180. The van der Waals surface area contributed by atoms with Gasteiger partial charge in [0.1, 0.15) is 0 Å². The minimum absolute atomic E-state index is 0.0309. The molecule has 1 aliphatic rings. The molecule has 1 aromatic carbocycles. The zero-order valence-electron chi connectivity index (χ0n) is 17.5. The monoisotopic (exact) mass is 397 g/mol. The van der Waals surface area contributed by atoms with Gasteiger partial charge in [0.25, 0.3) is 5.91 Å². The Hall–Kier alpha value is -3.09. The van der Waals surface area contributed by atoms with Gasteiger partial charge >= 0.3 is 0 Å². The topological polar surface area (TPSA) is 72.0 Å². The first-order valence-corrected chi connectivity index (χ1v) is 9.70. The SMILES string of the molecule is CCN(CC)C(=O)C1c2cc(OC)c(OC)cc2C(=O)N(C)C1c1cccnc1. The normalized spacial score (nSPS) is 18.2. The van der Waals surface area contributed by atoms with E-state index in [4.69, 9.17) is 9.47 Å². The van der Waals surface area contributed by atoms with Gasteiger partial charge < -0.3 is 19.3 Å². The lowest BCUT2D eigenvalue weighted by molar-refractivity contribution is -0.134. The van der Waals surface area contributed by atoms with Gasteiger partial charge in [0.2, 0.25) is 5.91 Å². The van der Waals surface area contributed by atoms with Gasteiger partial charge in [-0.05, 0) is 43.2 Å². The number of carbonyl (C=O) groups excluding carboxylic acids is 2. The Labute approximate surface area is 171 Å². The van der Waals surface area contributed by atoms with E-state index in [1.807, 2.05) is 26.0 Å². The van der Waals surface area contributed by atoms with Crippen LogP contribution in [0.1, 0.15) is 47.3 Å². The molecule has 2 unspecified atom stereocenters. The molecule has 0 fully saturated rings. The number of hydrogen-bond donors (Lipinski definition) is 0. The minimum Gasteiger partial charge on any atom is -0.493 e. The minimum atomic E-state index is -0.573. The molecule has 0 saturated carbocycles. The number of hydrogen-bond acceptors (Lipinski definition) is 5. The fourth-order valence-corrected chi connectivity index (χ4v) is 4.01. The third kappa shape index (κ3) is 3.52. The molecule has 1 aliphatic heterocycles. The molecule has 0 aliphatic carbocycles. The van der Waals surface area contributed by atoms with Gasteiger partial charge in [-0.2, -0.15) is 0 Å². The molecule has 3 rings (SSSR count). The highest BCUT2D eigenvalue weighted by molar-refractivity contribution is 6.02. The van der Waals surface area contributed by atoms with E-state index in [0.717, 1.165) is 5.56 Å². The van der Waals surface area contributed by atoms with Crippen molar-refractivity contribution in [3.8, 4) is 11.5 Å². The summed E-state index contributed by atoms with van der Waals surface area (Å²) in [6, 6.07) is 6.67. The van der Waals surface area contributed by atoms with Gasteiger partial charge in [0.05, 0.1) is 26.2 Å². The molecule has 2 heterocycles. The van der Waals surface area contributed by atoms with Gasteiger partial charge in [-0.25, -0.2) is 0 Å². The second kappa shape index (κ2) is 8.51. The largest absolute Gasteiger partial charge is 0.493 e. The highest BCUT2D eigenvalue weighted by atomic mass is 16.5. The molecule has 2 atom stereocenters. The molecule has 2 amide bonds. The molecule has 0 spiro atoms. The predicted molar refractivity (Wildman–Crippen MR) is 109 cm³/mol. The fourth-order valence-electron chi connectivity index (χ4n) is 4.01. The van der Waals surface area contributed by atoms with Crippen molar-refractivity contribution >= 4 is 11.8 Å². The third-order valence-corrected chi connectivity index (χ3v) is 5.54. The van der Waals surface area contributed by atoms with Crippen molar-refractivity contribution in [3.63, 3.8) is 0 Å². The molecule has 0 saturated heterocycles. The molecule has 0 N–H and O–H groups in total. The van der Waals surface area contributed by atoms with Gasteiger partial charge in [-0.15, -0.1) is 0 Å². The van der Waals surface area contributed by atoms with Crippen LogP contribution in [0.3, 0.4) is 0 Å². The number of pyridine rings is 1. The molecule has 1 aromatic heterocycles. The van der Waals surface area contributed by atoms with Crippen LogP contribution in [0.5, 0.6) is 11.5 Å². The van der Waals surface area contributed by atoms with Gasteiger partial charge in [-0.3, -0.25) is 14.6 Å². The van der Waals surface area contributed by atoms with Crippen LogP contribution < -0.4 is 9.47 Å². The van der Waals surface area contributed by atoms with Crippen molar-refractivity contribution in [2.45, 2.75) is 25.8 Å². The first-order chi connectivity index (χ1) is 14.0. The van der Waals surface area contributed by atoms with Crippen LogP contribution in [-0.4, -0.2) is 61.0 Å². The number of nitrogens with zero attached hydrogens (tertiary/aromatic N) is 3. The number of benzene rings is 1. The maximum atomic E-state index is 13.6. The number of methoxy groups -OCH3 is 2. The molecule has 154 valence electrons. The van der Waals surface area contributed by atoms with E-state index in [1.54, 1.807) is 48.5 Å². The molecule has 7 nitrogen and oxygen atoms in total. The number of likely N-dealkylation sites (N-methyl/N-ethyl adjacent to an activating group) is 2. The molecule has 29 heavy (non-hydrogen) atoms. The second-order valence-electron chi connectivity index (χ2n) is 6.93. The van der Waals surface area contributed by atoms with Crippen molar-refractivity contribution < 1.29 is 19.1 Å². The molecule has 7 heteroatoms. The smallest absolute Gasteiger partial charge is 0.254 e. The summed E-state index contributed by atoms with van der Waals surface area (Å²) in [6.45, 7) is 5.08. The number of rotatable bonds is 6. The van der Waals surface area contributed by atoms with E-state index < -0.39 is 12.0 Å². The summed E-state index contributed by atoms with van der Waals surface area (Å²) in [7, 11) is 4.79. The number of aromatic nitrogens is 1. The lowest BCUT2D eigenvalue weighted by Crippen LogP contribution is -2.47. The number of ether oxygens (including phenoxy) is 2. The molecule has 0 bridgehead atoms. The van der Waals surface area contributed by atoms with E-state index >= 15 is 0 Å². The van der Waals surface area contributed by atoms with Crippen molar-refractivity contribution in [3.05, 3.63) is 53.3 Å². The Morgan fingerprint density at radius 3 is 2.38 bits per heavy atom. The number of amides is 2. The maximum absolute atomic E-state index is 13.6. The van der Waals surface area contributed by atoms with Crippen LogP contribution in [0.2, 0.25) is 0 Å². The first kappa shape index (κ1) is 20.6.